The second kappa shape index (κ2) is 6.65. The van der Waals surface area contributed by atoms with Crippen LogP contribution >= 0.6 is 0 Å². The van der Waals surface area contributed by atoms with E-state index < -0.39 is 16.3 Å². The van der Waals surface area contributed by atoms with Gasteiger partial charge in [-0.15, -0.1) is 0 Å². The summed E-state index contributed by atoms with van der Waals surface area (Å²) in [5.74, 6) is 0.358. The third-order valence-corrected chi connectivity index (χ3v) is 5.85. The smallest absolute Gasteiger partial charge is 0.282 e. The zero-order valence-electron chi connectivity index (χ0n) is 12.9. The lowest BCUT2D eigenvalue weighted by atomic mass is 10.3. The maximum absolute atomic E-state index is 12.7. The number of hydrogen-bond donors (Lipinski definition) is 1. The van der Waals surface area contributed by atoms with Gasteiger partial charge in [0.25, 0.3) is 15.8 Å². The molecule has 1 N–H and O–H groups in total. The fourth-order valence-electron chi connectivity index (χ4n) is 2.70. The van der Waals surface area contributed by atoms with E-state index in [1.54, 1.807) is 6.92 Å². The van der Waals surface area contributed by atoms with Crippen molar-refractivity contribution in [2.45, 2.75) is 13.0 Å². The highest BCUT2D eigenvalue weighted by molar-refractivity contribution is 7.86. The largest absolute Gasteiger partial charge is 0.379 e. The van der Waals surface area contributed by atoms with Gasteiger partial charge >= 0.3 is 0 Å². The summed E-state index contributed by atoms with van der Waals surface area (Å²) in [6, 6.07) is 1.38. The van der Waals surface area contributed by atoms with Crippen LogP contribution in [0.5, 0.6) is 0 Å². The summed E-state index contributed by atoms with van der Waals surface area (Å²) in [5, 5.41) is 0. The van der Waals surface area contributed by atoms with Crippen molar-refractivity contribution in [1.82, 2.24) is 18.6 Å². The van der Waals surface area contributed by atoms with E-state index >= 15 is 0 Å². The van der Waals surface area contributed by atoms with Crippen molar-refractivity contribution in [3.8, 4) is 0 Å². The number of aromatic nitrogens is 2. The molecular weight excluding hydrogens is 324 g/mol. The molecule has 23 heavy (non-hydrogen) atoms. The Labute approximate surface area is 134 Å². The van der Waals surface area contributed by atoms with Crippen molar-refractivity contribution < 1.29 is 17.9 Å². The number of rotatable bonds is 3. The Morgan fingerprint density at radius 1 is 1.22 bits per heavy atom. The SMILES string of the molecule is Cc1cc(=O)[nH]c(C2CN(S(=O)(=O)N3CCOCC3)CCO2)n1. The van der Waals surface area contributed by atoms with Gasteiger partial charge in [-0.05, 0) is 6.92 Å². The van der Waals surface area contributed by atoms with Gasteiger partial charge < -0.3 is 14.5 Å². The molecule has 1 unspecified atom stereocenters. The number of H-pyrrole nitrogens is 1. The molecule has 9 nitrogen and oxygen atoms in total. The van der Waals surface area contributed by atoms with Crippen molar-refractivity contribution in [2.24, 2.45) is 0 Å². The van der Waals surface area contributed by atoms with E-state index in [4.69, 9.17) is 9.47 Å². The van der Waals surface area contributed by atoms with Gasteiger partial charge in [0.15, 0.2) is 0 Å². The van der Waals surface area contributed by atoms with Crippen molar-refractivity contribution in [3.05, 3.63) is 27.9 Å². The quantitative estimate of drug-likeness (QED) is 0.756. The van der Waals surface area contributed by atoms with Crippen LogP contribution in [-0.4, -0.2) is 73.0 Å². The molecule has 2 aliphatic heterocycles. The number of aromatic amines is 1. The Morgan fingerprint density at radius 3 is 2.61 bits per heavy atom. The first-order chi connectivity index (χ1) is 11.0. The molecule has 2 saturated heterocycles. The molecule has 3 rings (SSSR count). The summed E-state index contributed by atoms with van der Waals surface area (Å²) >= 11 is 0. The van der Waals surface area contributed by atoms with Gasteiger partial charge in [0.1, 0.15) is 11.9 Å². The standard InChI is InChI=1S/C13H20N4O5S/c1-10-8-12(18)15-13(14-10)11-9-17(4-7-22-11)23(19,20)16-2-5-21-6-3-16/h8,11H,2-7,9H2,1H3,(H,14,15,18). The third-order valence-electron chi connectivity index (χ3n) is 3.84. The number of ether oxygens (including phenoxy) is 2. The zero-order chi connectivity index (χ0) is 16.4. The maximum atomic E-state index is 12.7. The highest BCUT2D eigenvalue weighted by Crippen LogP contribution is 2.22. The van der Waals surface area contributed by atoms with Crippen LogP contribution in [0.25, 0.3) is 0 Å². The van der Waals surface area contributed by atoms with E-state index in [1.807, 2.05) is 0 Å². The summed E-state index contributed by atoms with van der Waals surface area (Å²) in [6.45, 7) is 3.89. The van der Waals surface area contributed by atoms with Gasteiger partial charge in [-0.1, -0.05) is 0 Å². The van der Waals surface area contributed by atoms with Crippen LogP contribution in [0.4, 0.5) is 0 Å². The second-order valence-electron chi connectivity index (χ2n) is 5.51. The first-order valence-electron chi connectivity index (χ1n) is 7.49. The van der Waals surface area contributed by atoms with Crippen molar-refractivity contribution in [2.75, 3.05) is 46.0 Å². The van der Waals surface area contributed by atoms with Crippen LogP contribution in [0.2, 0.25) is 0 Å². The first-order valence-corrected chi connectivity index (χ1v) is 8.89. The molecule has 0 radical (unpaired) electrons. The summed E-state index contributed by atoms with van der Waals surface area (Å²) < 4.78 is 39.0. The van der Waals surface area contributed by atoms with Crippen molar-refractivity contribution >= 4 is 10.2 Å². The summed E-state index contributed by atoms with van der Waals surface area (Å²) in [7, 11) is -3.56. The van der Waals surface area contributed by atoms with E-state index in [0.717, 1.165) is 0 Å². The van der Waals surface area contributed by atoms with E-state index in [0.29, 0.717) is 37.8 Å². The maximum Gasteiger partial charge on any atom is 0.282 e. The van der Waals surface area contributed by atoms with Gasteiger partial charge in [-0.25, -0.2) is 4.98 Å². The summed E-state index contributed by atoms with van der Waals surface area (Å²) in [6.07, 6.45) is -0.577. The molecule has 0 bridgehead atoms. The lowest BCUT2D eigenvalue weighted by Gasteiger charge is -2.36. The minimum absolute atomic E-state index is 0.131. The lowest BCUT2D eigenvalue weighted by molar-refractivity contribution is -0.0111. The van der Waals surface area contributed by atoms with Gasteiger partial charge in [-0.2, -0.15) is 17.0 Å². The predicted molar refractivity (Wildman–Crippen MR) is 81.2 cm³/mol. The zero-order valence-corrected chi connectivity index (χ0v) is 13.7. The monoisotopic (exact) mass is 344 g/mol. The molecule has 128 valence electrons. The molecule has 1 aromatic heterocycles. The van der Waals surface area contributed by atoms with E-state index in [2.05, 4.69) is 9.97 Å². The molecule has 0 aliphatic carbocycles. The molecule has 0 saturated carbocycles. The van der Waals surface area contributed by atoms with Crippen LogP contribution in [-0.2, 0) is 19.7 Å². The summed E-state index contributed by atoms with van der Waals surface area (Å²) in [5.41, 5.74) is 0.296. The second-order valence-corrected chi connectivity index (χ2v) is 7.44. The van der Waals surface area contributed by atoms with Gasteiger partial charge in [0.05, 0.1) is 19.8 Å². The highest BCUT2D eigenvalue weighted by atomic mass is 32.2. The van der Waals surface area contributed by atoms with Gasteiger partial charge in [0.2, 0.25) is 0 Å². The Hall–Kier alpha value is -1.33. The van der Waals surface area contributed by atoms with E-state index in [-0.39, 0.29) is 25.3 Å². The molecule has 0 aromatic carbocycles. The molecule has 1 aromatic rings. The van der Waals surface area contributed by atoms with E-state index in [9.17, 15) is 13.2 Å². The third kappa shape index (κ3) is 3.61. The first kappa shape index (κ1) is 16.5. The van der Waals surface area contributed by atoms with Crippen molar-refractivity contribution in [3.63, 3.8) is 0 Å². The molecule has 2 fully saturated rings. The molecule has 2 aliphatic rings. The normalized spacial score (nSPS) is 24.7. The molecule has 3 heterocycles. The average Bonchev–Trinajstić information content (AvgIpc) is 2.55. The van der Waals surface area contributed by atoms with Crippen LogP contribution < -0.4 is 5.56 Å². The Balaban J connectivity index is 1.78. The fourth-order valence-corrected chi connectivity index (χ4v) is 4.26. The molecule has 0 amide bonds. The molecule has 1 atom stereocenters. The van der Waals surface area contributed by atoms with Gasteiger partial charge in [0, 0.05) is 37.9 Å². The molecule has 0 spiro atoms. The fraction of sp³-hybridized carbons (Fsp3) is 0.692. The number of hydrogen-bond acceptors (Lipinski definition) is 6. The minimum atomic E-state index is -3.56. The number of aryl methyl sites for hydroxylation is 1. The molecular formula is C13H20N4O5S. The summed E-state index contributed by atoms with van der Waals surface area (Å²) in [4.78, 5) is 18.4. The number of morpholine rings is 2. The number of nitrogens with zero attached hydrogens (tertiary/aromatic N) is 3. The topological polar surface area (TPSA) is 105 Å². The average molecular weight is 344 g/mol. The van der Waals surface area contributed by atoms with E-state index in [1.165, 1.54) is 14.7 Å². The van der Waals surface area contributed by atoms with Gasteiger partial charge in [-0.3, -0.25) is 4.79 Å². The van der Waals surface area contributed by atoms with Crippen molar-refractivity contribution in [1.29, 1.82) is 0 Å². The van der Waals surface area contributed by atoms with Crippen LogP contribution in [0.3, 0.4) is 0 Å². The van der Waals surface area contributed by atoms with Crippen LogP contribution in [0.15, 0.2) is 10.9 Å². The predicted octanol–water partition coefficient (Wildman–Crippen LogP) is -0.971. The Morgan fingerprint density at radius 2 is 1.91 bits per heavy atom. The minimum Gasteiger partial charge on any atom is -0.379 e. The molecule has 10 heteroatoms. The highest BCUT2D eigenvalue weighted by Gasteiger charge is 2.36. The van der Waals surface area contributed by atoms with Crippen LogP contribution in [0.1, 0.15) is 17.6 Å². The number of nitrogens with one attached hydrogen (secondary N) is 1. The lowest BCUT2D eigenvalue weighted by Crippen LogP contribution is -2.52. The Bertz CT molecular complexity index is 713. The van der Waals surface area contributed by atoms with Crippen LogP contribution in [0, 0.1) is 6.92 Å². The Kier molecular flexibility index (Phi) is 4.78.